The topological polar surface area (TPSA) is 73.2 Å². The first-order valence-corrected chi connectivity index (χ1v) is 11.6. The lowest BCUT2D eigenvalue weighted by molar-refractivity contribution is -0.160. The van der Waals surface area contributed by atoms with E-state index in [1.807, 2.05) is 0 Å². The molecule has 36 heavy (non-hydrogen) atoms. The van der Waals surface area contributed by atoms with Gasteiger partial charge >= 0.3 is 12.1 Å². The van der Waals surface area contributed by atoms with Gasteiger partial charge in [0, 0.05) is 17.7 Å². The quantitative estimate of drug-likeness (QED) is 0.384. The maximum absolute atomic E-state index is 15.1. The second-order valence-corrected chi connectivity index (χ2v) is 9.25. The smallest absolute Gasteiger partial charge is 0.398 e. The lowest BCUT2D eigenvalue weighted by Gasteiger charge is -2.23. The van der Waals surface area contributed by atoms with Gasteiger partial charge < -0.3 is 10.1 Å². The van der Waals surface area contributed by atoms with Crippen molar-refractivity contribution in [2.24, 2.45) is 0 Å². The van der Waals surface area contributed by atoms with E-state index in [1.54, 1.807) is 0 Å². The number of alkyl halides is 3. The minimum atomic E-state index is -4.55. The number of carbonyl (C=O) groups excluding carboxylic acids is 2. The van der Waals surface area contributed by atoms with Crippen molar-refractivity contribution in [3.8, 4) is 11.3 Å². The molecule has 2 aromatic carbocycles. The molecule has 188 valence electrons. The van der Waals surface area contributed by atoms with E-state index < -0.39 is 29.3 Å². The van der Waals surface area contributed by atoms with Crippen LogP contribution in [-0.2, 0) is 23.1 Å². The van der Waals surface area contributed by atoms with Gasteiger partial charge in [-0.1, -0.05) is 23.7 Å². The third kappa shape index (κ3) is 3.79. The molecule has 1 aliphatic carbocycles. The summed E-state index contributed by atoms with van der Waals surface area (Å²) in [6, 6.07) is 7.80. The van der Waals surface area contributed by atoms with Gasteiger partial charge in [0.25, 0.3) is 5.91 Å². The first kappa shape index (κ1) is 24.5. The molecule has 0 bridgehead atoms. The monoisotopic (exact) mass is 521 g/mol. The summed E-state index contributed by atoms with van der Waals surface area (Å²) in [7, 11) is 1.18. The first-order valence-electron chi connectivity index (χ1n) is 11.2. The molecular weight excluding hydrogens is 502 g/mol. The summed E-state index contributed by atoms with van der Waals surface area (Å²) in [4.78, 5) is 25.5. The van der Waals surface area contributed by atoms with E-state index in [4.69, 9.17) is 11.6 Å². The molecule has 1 fully saturated rings. The number of ether oxygens (including phenoxy) is 1. The fourth-order valence-corrected chi connectivity index (χ4v) is 5.02. The van der Waals surface area contributed by atoms with Crippen molar-refractivity contribution in [2.45, 2.75) is 37.4 Å². The van der Waals surface area contributed by atoms with E-state index in [0.717, 1.165) is 10.7 Å². The van der Waals surface area contributed by atoms with Crippen molar-refractivity contribution < 1.29 is 31.9 Å². The van der Waals surface area contributed by atoms with E-state index in [9.17, 15) is 22.8 Å². The minimum Gasteiger partial charge on any atom is -0.465 e. The molecule has 6 nitrogen and oxygen atoms in total. The largest absolute Gasteiger partial charge is 0.465 e. The van der Waals surface area contributed by atoms with Crippen LogP contribution < -0.4 is 5.32 Å². The summed E-state index contributed by atoms with van der Waals surface area (Å²) >= 11 is 6.30. The van der Waals surface area contributed by atoms with Crippen LogP contribution in [0, 0.1) is 5.82 Å². The number of hydrogen-bond donors (Lipinski definition) is 1. The van der Waals surface area contributed by atoms with Crippen LogP contribution in [-0.4, -0.2) is 41.5 Å². The van der Waals surface area contributed by atoms with E-state index in [0.29, 0.717) is 24.2 Å². The average molecular weight is 522 g/mol. The number of carbonyl (C=O) groups is 2. The first-order chi connectivity index (χ1) is 17.1. The maximum atomic E-state index is 15.1. The second kappa shape index (κ2) is 8.70. The SMILES string of the molecule is COC(=O)c1ccc(-c2nn(C(=O)c3c(Cl)cccc3C3(C(F)(F)F)CC3)c3c2CCNC3)c(F)c1. The van der Waals surface area contributed by atoms with Crippen LogP contribution in [0.25, 0.3) is 11.3 Å². The number of esters is 1. The van der Waals surface area contributed by atoms with Crippen LogP contribution in [0.5, 0.6) is 0 Å². The summed E-state index contributed by atoms with van der Waals surface area (Å²) in [5.41, 5.74) is -1.33. The number of benzene rings is 2. The van der Waals surface area contributed by atoms with Gasteiger partial charge in [-0.15, -0.1) is 0 Å². The van der Waals surface area contributed by atoms with Crippen LogP contribution in [0.4, 0.5) is 17.6 Å². The number of rotatable bonds is 4. The van der Waals surface area contributed by atoms with Gasteiger partial charge in [0.1, 0.15) is 5.82 Å². The molecule has 0 radical (unpaired) electrons. The number of hydrogen-bond acceptors (Lipinski definition) is 5. The standard InChI is InChI=1S/C25H20ClF4N3O3/c1-36-23(35)13-5-6-14(18(27)11-13)21-15-7-10-31-12-19(15)33(32-21)22(34)20-16(3-2-4-17(20)26)24(8-9-24)25(28,29)30/h2-6,11,31H,7-10,12H2,1H3. The van der Waals surface area contributed by atoms with E-state index in [-0.39, 0.29) is 52.4 Å². The van der Waals surface area contributed by atoms with Gasteiger partial charge in [0.2, 0.25) is 0 Å². The molecule has 2 heterocycles. The highest BCUT2D eigenvalue weighted by Crippen LogP contribution is 2.60. The molecule has 5 rings (SSSR count). The van der Waals surface area contributed by atoms with Gasteiger partial charge in [-0.3, -0.25) is 4.79 Å². The molecule has 11 heteroatoms. The molecule has 1 saturated carbocycles. The average Bonchev–Trinajstić information content (AvgIpc) is 3.59. The predicted octanol–water partition coefficient (Wildman–Crippen LogP) is 5.06. The van der Waals surface area contributed by atoms with Gasteiger partial charge in [-0.2, -0.15) is 23.0 Å². The Morgan fingerprint density at radius 1 is 1.19 bits per heavy atom. The van der Waals surface area contributed by atoms with E-state index >= 15 is 4.39 Å². The molecule has 2 aliphatic rings. The van der Waals surface area contributed by atoms with Gasteiger partial charge in [-0.05, 0) is 55.6 Å². The normalized spacial score (nSPS) is 16.4. The Kier molecular flexibility index (Phi) is 5.91. The van der Waals surface area contributed by atoms with Crippen molar-refractivity contribution in [3.63, 3.8) is 0 Å². The minimum absolute atomic E-state index is 0.00684. The number of halogens is 5. The van der Waals surface area contributed by atoms with Gasteiger partial charge in [0.05, 0.1) is 40.1 Å². The Hall–Kier alpha value is -3.24. The molecule has 1 aliphatic heterocycles. The van der Waals surface area contributed by atoms with Crippen molar-refractivity contribution in [1.29, 1.82) is 0 Å². The number of aromatic nitrogens is 2. The molecule has 0 atom stereocenters. The lowest BCUT2D eigenvalue weighted by atomic mass is 9.90. The maximum Gasteiger partial charge on any atom is 0.398 e. The molecule has 1 aromatic heterocycles. The highest BCUT2D eigenvalue weighted by atomic mass is 35.5. The highest BCUT2D eigenvalue weighted by molar-refractivity contribution is 6.34. The zero-order chi connectivity index (χ0) is 25.8. The van der Waals surface area contributed by atoms with Gasteiger partial charge in [0.15, 0.2) is 0 Å². The molecule has 0 saturated heterocycles. The molecule has 1 N–H and O–H groups in total. The Labute approximate surface area is 208 Å². The fraction of sp³-hybridized carbons (Fsp3) is 0.320. The highest BCUT2D eigenvalue weighted by Gasteiger charge is 2.65. The zero-order valence-electron chi connectivity index (χ0n) is 19.0. The van der Waals surface area contributed by atoms with Crippen LogP contribution in [0.1, 0.15) is 50.4 Å². The van der Waals surface area contributed by atoms with Crippen molar-refractivity contribution in [1.82, 2.24) is 15.1 Å². The van der Waals surface area contributed by atoms with Crippen LogP contribution in [0.15, 0.2) is 36.4 Å². The second-order valence-electron chi connectivity index (χ2n) is 8.85. The van der Waals surface area contributed by atoms with E-state index in [2.05, 4.69) is 15.2 Å². The van der Waals surface area contributed by atoms with Crippen molar-refractivity contribution >= 4 is 23.5 Å². The number of fused-ring (bicyclic) bond motifs is 1. The zero-order valence-corrected chi connectivity index (χ0v) is 19.8. The number of methoxy groups -OCH3 is 1. The summed E-state index contributed by atoms with van der Waals surface area (Å²) in [5, 5.41) is 7.37. The number of nitrogens with zero attached hydrogens (tertiary/aromatic N) is 2. The molecule has 3 aromatic rings. The Morgan fingerprint density at radius 2 is 1.94 bits per heavy atom. The van der Waals surface area contributed by atoms with Crippen LogP contribution in [0.3, 0.4) is 0 Å². The molecule has 0 amide bonds. The Bertz CT molecular complexity index is 1400. The molecule has 0 unspecified atom stereocenters. The third-order valence-electron chi connectivity index (χ3n) is 6.81. The summed E-state index contributed by atoms with van der Waals surface area (Å²) < 4.78 is 62.6. The van der Waals surface area contributed by atoms with Crippen LogP contribution >= 0.6 is 11.6 Å². The predicted molar refractivity (Wildman–Crippen MR) is 123 cm³/mol. The number of nitrogens with one attached hydrogen (secondary N) is 1. The summed E-state index contributed by atoms with van der Waals surface area (Å²) in [5.74, 6) is -2.27. The van der Waals surface area contributed by atoms with Gasteiger partial charge in [-0.25, -0.2) is 9.18 Å². The molecule has 0 spiro atoms. The Balaban J connectivity index is 1.65. The summed E-state index contributed by atoms with van der Waals surface area (Å²) in [6.45, 7) is 0.746. The molecular formula is C25H20ClF4N3O3. The van der Waals surface area contributed by atoms with Crippen molar-refractivity contribution in [3.05, 3.63) is 75.2 Å². The fourth-order valence-electron chi connectivity index (χ4n) is 4.76. The Morgan fingerprint density at radius 3 is 2.58 bits per heavy atom. The summed E-state index contributed by atoms with van der Waals surface area (Å²) in [6.07, 6.45) is -4.41. The van der Waals surface area contributed by atoms with Crippen LogP contribution in [0.2, 0.25) is 5.02 Å². The van der Waals surface area contributed by atoms with Crippen molar-refractivity contribution in [2.75, 3.05) is 13.7 Å². The van der Waals surface area contributed by atoms with E-state index in [1.165, 1.54) is 37.4 Å². The third-order valence-corrected chi connectivity index (χ3v) is 7.12. The lowest BCUT2D eigenvalue weighted by Crippen LogP contribution is -2.32.